The molecule has 0 atom stereocenters. The van der Waals surface area contributed by atoms with E-state index in [0.29, 0.717) is 22.1 Å². The summed E-state index contributed by atoms with van der Waals surface area (Å²) in [5, 5.41) is 0.370. The van der Waals surface area contributed by atoms with Gasteiger partial charge in [-0.15, -0.1) is 0 Å². The largest absolute Gasteiger partial charge is 0.464 e. The number of methoxy groups -OCH3 is 1. The molecule has 0 aliphatic rings. The molecule has 18 heavy (non-hydrogen) atoms. The summed E-state index contributed by atoms with van der Waals surface area (Å²) in [6.45, 7) is 1.74. The number of halogens is 1. The lowest BCUT2D eigenvalue weighted by atomic mass is 10.1. The maximum absolute atomic E-state index is 11.7. The monoisotopic (exact) mass is 263 g/mol. The van der Waals surface area contributed by atoms with E-state index < -0.39 is 5.97 Å². The van der Waals surface area contributed by atoms with Crippen LogP contribution in [-0.4, -0.2) is 28.0 Å². The average Bonchev–Trinajstić information content (AvgIpc) is 2.38. The molecular weight excluding hydrogens is 254 g/mol. The fourth-order valence-electron chi connectivity index (χ4n) is 1.52. The first-order chi connectivity index (χ1) is 8.63. The molecule has 2 aromatic rings. The van der Waals surface area contributed by atoms with Crippen LogP contribution in [0.5, 0.6) is 0 Å². The van der Waals surface area contributed by atoms with E-state index in [1.165, 1.54) is 7.11 Å². The van der Waals surface area contributed by atoms with Gasteiger partial charge in [0.15, 0.2) is 11.5 Å². The minimum Gasteiger partial charge on any atom is -0.464 e. The topological polar surface area (TPSA) is 65.0 Å². The SMILES string of the molecule is COC(=O)c1nc(C)cc(Cl)c1-c1ncccn1. The third-order valence-electron chi connectivity index (χ3n) is 2.27. The quantitative estimate of drug-likeness (QED) is 0.778. The van der Waals surface area contributed by atoms with Gasteiger partial charge in [-0.2, -0.15) is 0 Å². The van der Waals surface area contributed by atoms with Crippen molar-refractivity contribution in [2.24, 2.45) is 0 Å². The molecule has 2 aromatic heterocycles. The molecule has 0 N–H and O–H groups in total. The first kappa shape index (κ1) is 12.4. The molecule has 0 spiro atoms. The molecule has 0 radical (unpaired) electrons. The summed E-state index contributed by atoms with van der Waals surface area (Å²) in [4.78, 5) is 24.0. The van der Waals surface area contributed by atoms with Crippen molar-refractivity contribution in [3.8, 4) is 11.4 Å². The number of ether oxygens (including phenoxy) is 1. The molecule has 2 heterocycles. The lowest BCUT2D eigenvalue weighted by Crippen LogP contribution is -2.09. The fourth-order valence-corrected chi connectivity index (χ4v) is 1.85. The van der Waals surface area contributed by atoms with Gasteiger partial charge in [0.25, 0.3) is 0 Å². The molecule has 5 nitrogen and oxygen atoms in total. The number of rotatable bonds is 2. The van der Waals surface area contributed by atoms with Crippen LogP contribution >= 0.6 is 11.6 Å². The maximum atomic E-state index is 11.7. The van der Waals surface area contributed by atoms with Crippen molar-refractivity contribution in [2.75, 3.05) is 7.11 Å². The predicted molar refractivity (Wildman–Crippen MR) is 66.3 cm³/mol. The van der Waals surface area contributed by atoms with Crippen LogP contribution in [0.15, 0.2) is 24.5 Å². The highest BCUT2D eigenvalue weighted by molar-refractivity contribution is 6.34. The number of aromatic nitrogens is 3. The molecule has 0 amide bonds. The number of hydrogen-bond acceptors (Lipinski definition) is 5. The Kier molecular flexibility index (Phi) is 3.53. The molecule has 0 bridgehead atoms. The van der Waals surface area contributed by atoms with Crippen molar-refractivity contribution in [1.82, 2.24) is 15.0 Å². The van der Waals surface area contributed by atoms with Gasteiger partial charge in [-0.3, -0.25) is 0 Å². The van der Waals surface area contributed by atoms with Gasteiger partial charge in [-0.05, 0) is 19.1 Å². The van der Waals surface area contributed by atoms with Gasteiger partial charge in [-0.25, -0.2) is 19.7 Å². The number of aryl methyl sites for hydroxylation is 1. The van der Waals surface area contributed by atoms with Crippen molar-refractivity contribution in [2.45, 2.75) is 6.92 Å². The molecule has 2 rings (SSSR count). The Balaban J connectivity index is 2.69. The van der Waals surface area contributed by atoms with Crippen LogP contribution in [0.25, 0.3) is 11.4 Å². The zero-order valence-corrected chi connectivity index (χ0v) is 10.6. The third kappa shape index (κ3) is 2.31. The number of hydrogen-bond donors (Lipinski definition) is 0. The van der Waals surface area contributed by atoms with Gasteiger partial charge in [0.2, 0.25) is 0 Å². The number of nitrogens with zero attached hydrogens (tertiary/aromatic N) is 3. The van der Waals surface area contributed by atoms with Gasteiger partial charge < -0.3 is 4.74 Å². The van der Waals surface area contributed by atoms with Crippen LogP contribution < -0.4 is 0 Å². The zero-order chi connectivity index (χ0) is 13.1. The Bertz CT molecular complexity index is 587. The number of carbonyl (C=O) groups excluding carboxylic acids is 1. The Morgan fingerprint density at radius 3 is 2.61 bits per heavy atom. The summed E-state index contributed by atoms with van der Waals surface area (Å²) in [5.41, 5.74) is 1.13. The molecule has 0 fully saturated rings. The van der Waals surface area contributed by atoms with Crippen LogP contribution in [0.3, 0.4) is 0 Å². The summed E-state index contributed by atoms with van der Waals surface area (Å²) < 4.78 is 4.69. The van der Waals surface area contributed by atoms with E-state index in [0.717, 1.165) is 0 Å². The van der Waals surface area contributed by atoms with E-state index in [2.05, 4.69) is 15.0 Å². The number of pyridine rings is 1. The fraction of sp³-hybridized carbons (Fsp3) is 0.167. The van der Waals surface area contributed by atoms with Crippen molar-refractivity contribution >= 4 is 17.6 Å². The Hall–Kier alpha value is -2.01. The van der Waals surface area contributed by atoms with Gasteiger partial charge in [0.1, 0.15) is 0 Å². The predicted octanol–water partition coefficient (Wildman–Crippen LogP) is 2.29. The van der Waals surface area contributed by atoms with Crippen molar-refractivity contribution in [1.29, 1.82) is 0 Å². The summed E-state index contributed by atoms with van der Waals surface area (Å²) in [6, 6.07) is 3.33. The molecule has 0 unspecified atom stereocenters. The molecule has 0 aromatic carbocycles. The molecule has 0 aliphatic heterocycles. The highest BCUT2D eigenvalue weighted by Gasteiger charge is 2.20. The van der Waals surface area contributed by atoms with E-state index in [1.54, 1.807) is 31.5 Å². The van der Waals surface area contributed by atoms with Crippen LogP contribution in [0.1, 0.15) is 16.2 Å². The van der Waals surface area contributed by atoms with E-state index in [-0.39, 0.29) is 5.69 Å². The summed E-state index contributed by atoms with van der Waals surface area (Å²) in [7, 11) is 1.29. The van der Waals surface area contributed by atoms with Crippen molar-refractivity contribution in [3.05, 3.63) is 40.9 Å². The molecule has 6 heteroatoms. The lowest BCUT2D eigenvalue weighted by Gasteiger charge is -2.08. The normalized spacial score (nSPS) is 10.2. The van der Waals surface area contributed by atoms with Gasteiger partial charge in [-0.1, -0.05) is 11.6 Å². The minimum absolute atomic E-state index is 0.119. The van der Waals surface area contributed by atoms with E-state index >= 15 is 0 Å². The second-order valence-corrected chi connectivity index (χ2v) is 3.94. The van der Waals surface area contributed by atoms with E-state index in [1.807, 2.05) is 0 Å². The highest BCUT2D eigenvalue weighted by atomic mass is 35.5. The van der Waals surface area contributed by atoms with Crippen molar-refractivity contribution in [3.63, 3.8) is 0 Å². The van der Waals surface area contributed by atoms with Crippen LogP contribution in [0.4, 0.5) is 0 Å². The number of esters is 1. The Morgan fingerprint density at radius 1 is 1.33 bits per heavy atom. The molecule has 0 saturated carbocycles. The lowest BCUT2D eigenvalue weighted by molar-refractivity contribution is 0.0594. The number of carbonyl (C=O) groups is 1. The first-order valence-electron chi connectivity index (χ1n) is 5.16. The smallest absolute Gasteiger partial charge is 0.357 e. The van der Waals surface area contributed by atoms with Gasteiger partial charge in [0.05, 0.1) is 17.7 Å². The Labute approximate surface area is 109 Å². The second kappa shape index (κ2) is 5.10. The van der Waals surface area contributed by atoms with Gasteiger partial charge >= 0.3 is 5.97 Å². The second-order valence-electron chi connectivity index (χ2n) is 3.53. The molecule has 92 valence electrons. The minimum atomic E-state index is -0.567. The summed E-state index contributed by atoms with van der Waals surface area (Å²) in [5.74, 6) is -0.224. The van der Waals surface area contributed by atoms with Crippen molar-refractivity contribution < 1.29 is 9.53 Å². The molecular formula is C12H10ClN3O2. The van der Waals surface area contributed by atoms with Crippen LogP contribution in [0, 0.1) is 6.92 Å². The Morgan fingerprint density at radius 2 is 2.00 bits per heavy atom. The zero-order valence-electron chi connectivity index (χ0n) is 9.85. The van der Waals surface area contributed by atoms with E-state index in [9.17, 15) is 4.79 Å². The third-order valence-corrected chi connectivity index (χ3v) is 2.57. The summed E-state index contributed by atoms with van der Waals surface area (Å²) in [6.07, 6.45) is 3.14. The van der Waals surface area contributed by atoms with Gasteiger partial charge in [0, 0.05) is 18.1 Å². The first-order valence-corrected chi connectivity index (χ1v) is 5.54. The maximum Gasteiger partial charge on any atom is 0.357 e. The highest BCUT2D eigenvalue weighted by Crippen LogP contribution is 2.28. The van der Waals surface area contributed by atoms with Crippen LogP contribution in [-0.2, 0) is 4.74 Å². The average molecular weight is 264 g/mol. The van der Waals surface area contributed by atoms with Crippen LogP contribution in [0.2, 0.25) is 5.02 Å². The molecule has 0 aliphatic carbocycles. The van der Waals surface area contributed by atoms with E-state index in [4.69, 9.17) is 16.3 Å². The molecule has 0 saturated heterocycles. The standard InChI is InChI=1S/C12H10ClN3O2/c1-7-6-8(13)9(10(16-7)12(17)18-2)11-14-4-3-5-15-11/h3-6H,1-2H3. The summed E-state index contributed by atoms with van der Waals surface area (Å²) >= 11 is 6.14.